The van der Waals surface area contributed by atoms with Crippen molar-refractivity contribution in [2.45, 2.75) is 26.1 Å². The number of aryl methyl sites for hydroxylation is 1. The normalized spacial score (nSPS) is 14.9. The number of amides is 1. The predicted molar refractivity (Wildman–Crippen MR) is 128 cm³/mol. The standard InChI is InChI=1S/C24H26F2N6O3/c1-13-22-19(31(3)23(14(2)34-4)24(33)30-22)8-21(29-13)27-9-15-10-28-32(11-15)12-16-6-17(25)18(26)7-20(16)35-5/h6-8,10-11,23H,2,9,12H2,1,3-5H3,(H,27,29)(H,30,33)/t23-/m0/s1. The Morgan fingerprint density at radius 3 is 2.71 bits per heavy atom. The third-order valence-electron chi connectivity index (χ3n) is 5.83. The molecule has 3 heterocycles. The summed E-state index contributed by atoms with van der Waals surface area (Å²) in [5, 5.41) is 10.5. The van der Waals surface area contributed by atoms with Crippen LogP contribution in [0.1, 0.15) is 16.8 Å². The summed E-state index contributed by atoms with van der Waals surface area (Å²) in [6.45, 7) is 6.28. The van der Waals surface area contributed by atoms with Crippen LogP contribution in [0.25, 0.3) is 0 Å². The predicted octanol–water partition coefficient (Wildman–Crippen LogP) is 3.45. The van der Waals surface area contributed by atoms with E-state index in [1.807, 2.05) is 13.0 Å². The van der Waals surface area contributed by atoms with Gasteiger partial charge in [0.2, 0.25) is 0 Å². The van der Waals surface area contributed by atoms with Gasteiger partial charge in [-0.1, -0.05) is 6.58 Å². The second-order valence-corrected chi connectivity index (χ2v) is 8.14. The monoisotopic (exact) mass is 484 g/mol. The Kier molecular flexibility index (Phi) is 6.59. The third kappa shape index (κ3) is 4.75. The molecule has 0 saturated heterocycles. The second kappa shape index (κ2) is 9.61. The largest absolute Gasteiger partial charge is 0.499 e. The zero-order valence-electron chi connectivity index (χ0n) is 19.9. The SMILES string of the molecule is C=C(OC)[C@H]1C(=O)Nc2c(cc(NCc3cnn(Cc4cc(F)c(F)cc4OC)c3)nc2C)N1C. The van der Waals surface area contributed by atoms with Gasteiger partial charge in [0.15, 0.2) is 17.7 Å². The van der Waals surface area contributed by atoms with Crippen LogP contribution in [-0.2, 0) is 22.6 Å². The molecule has 0 bridgehead atoms. The fourth-order valence-corrected chi connectivity index (χ4v) is 3.99. The minimum atomic E-state index is -0.966. The van der Waals surface area contributed by atoms with Crippen molar-refractivity contribution in [2.24, 2.45) is 0 Å². The highest BCUT2D eigenvalue weighted by molar-refractivity contribution is 6.05. The van der Waals surface area contributed by atoms with E-state index in [0.717, 1.165) is 23.4 Å². The Hall–Kier alpha value is -4.15. The number of rotatable bonds is 8. The Balaban J connectivity index is 1.49. The Morgan fingerprint density at radius 2 is 2.00 bits per heavy atom. The topological polar surface area (TPSA) is 93.5 Å². The summed E-state index contributed by atoms with van der Waals surface area (Å²) in [5.74, 6) is -0.945. The van der Waals surface area contributed by atoms with Crippen LogP contribution in [0.5, 0.6) is 5.75 Å². The van der Waals surface area contributed by atoms with Gasteiger partial charge < -0.3 is 25.0 Å². The lowest BCUT2D eigenvalue weighted by molar-refractivity contribution is -0.117. The van der Waals surface area contributed by atoms with Crippen LogP contribution >= 0.6 is 0 Å². The number of carbonyl (C=O) groups excluding carboxylic acids is 1. The van der Waals surface area contributed by atoms with Gasteiger partial charge in [0, 0.05) is 43.0 Å². The van der Waals surface area contributed by atoms with E-state index in [1.54, 1.807) is 29.0 Å². The minimum Gasteiger partial charge on any atom is -0.499 e. The first-order valence-corrected chi connectivity index (χ1v) is 10.8. The molecule has 1 aromatic carbocycles. The van der Waals surface area contributed by atoms with E-state index in [9.17, 15) is 13.6 Å². The summed E-state index contributed by atoms with van der Waals surface area (Å²) in [5.41, 5.74) is 3.41. The molecule has 11 heteroatoms. The number of hydrogen-bond donors (Lipinski definition) is 2. The maximum Gasteiger partial charge on any atom is 0.255 e. The number of halogens is 2. The van der Waals surface area contributed by atoms with Gasteiger partial charge in [0.05, 0.1) is 44.0 Å². The first-order valence-electron chi connectivity index (χ1n) is 10.8. The van der Waals surface area contributed by atoms with E-state index in [2.05, 4.69) is 27.3 Å². The van der Waals surface area contributed by atoms with Crippen LogP contribution in [0.2, 0.25) is 0 Å². The highest BCUT2D eigenvalue weighted by Crippen LogP contribution is 2.36. The molecule has 1 amide bonds. The average Bonchev–Trinajstić information content (AvgIpc) is 3.27. The molecule has 3 aromatic rings. The van der Waals surface area contributed by atoms with E-state index >= 15 is 0 Å². The Morgan fingerprint density at radius 1 is 1.26 bits per heavy atom. The number of fused-ring (bicyclic) bond motifs is 1. The lowest BCUT2D eigenvalue weighted by Gasteiger charge is -2.36. The number of likely N-dealkylation sites (N-methyl/N-ethyl adjacent to an activating group) is 1. The molecular weight excluding hydrogens is 458 g/mol. The van der Waals surface area contributed by atoms with Crippen molar-refractivity contribution < 1.29 is 23.0 Å². The van der Waals surface area contributed by atoms with Crippen LogP contribution in [0.3, 0.4) is 0 Å². The smallest absolute Gasteiger partial charge is 0.255 e. The summed E-state index contributed by atoms with van der Waals surface area (Å²) in [4.78, 5) is 18.9. The first-order chi connectivity index (χ1) is 16.7. The number of methoxy groups -OCH3 is 2. The average molecular weight is 485 g/mol. The van der Waals surface area contributed by atoms with Gasteiger partial charge in [-0.05, 0) is 13.0 Å². The molecule has 35 heavy (non-hydrogen) atoms. The fourth-order valence-electron chi connectivity index (χ4n) is 3.99. The van der Waals surface area contributed by atoms with Crippen molar-refractivity contribution in [3.63, 3.8) is 0 Å². The molecule has 2 N–H and O–H groups in total. The third-order valence-corrected chi connectivity index (χ3v) is 5.83. The molecule has 0 unspecified atom stereocenters. The van der Waals surface area contributed by atoms with E-state index in [0.29, 0.717) is 35.1 Å². The molecule has 0 spiro atoms. The molecule has 0 aliphatic carbocycles. The van der Waals surface area contributed by atoms with Crippen LogP contribution in [-0.4, -0.2) is 48.0 Å². The molecule has 0 saturated carbocycles. The van der Waals surface area contributed by atoms with E-state index in [-0.39, 0.29) is 18.2 Å². The Labute approximate surface area is 201 Å². The number of hydrogen-bond acceptors (Lipinski definition) is 7. The number of nitrogens with one attached hydrogen (secondary N) is 2. The van der Waals surface area contributed by atoms with Crippen molar-refractivity contribution in [2.75, 3.05) is 36.8 Å². The van der Waals surface area contributed by atoms with Crippen LogP contribution in [0, 0.1) is 18.6 Å². The quantitative estimate of drug-likeness (QED) is 0.473. The molecule has 2 aromatic heterocycles. The number of aromatic nitrogens is 3. The summed E-state index contributed by atoms with van der Waals surface area (Å²) < 4.78 is 39.1. The number of nitrogens with zero attached hydrogens (tertiary/aromatic N) is 4. The van der Waals surface area contributed by atoms with Gasteiger partial charge in [-0.25, -0.2) is 13.8 Å². The van der Waals surface area contributed by atoms with Gasteiger partial charge in [0.25, 0.3) is 5.91 Å². The number of carbonyl (C=O) groups is 1. The molecule has 1 aliphatic heterocycles. The summed E-state index contributed by atoms with van der Waals surface area (Å²) >= 11 is 0. The van der Waals surface area contributed by atoms with Crippen LogP contribution < -0.4 is 20.3 Å². The first kappa shape index (κ1) is 24.0. The molecule has 9 nitrogen and oxygen atoms in total. The van der Waals surface area contributed by atoms with E-state index in [1.165, 1.54) is 14.2 Å². The second-order valence-electron chi connectivity index (χ2n) is 8.14. The highest BCUT2D eigenvalue weighted by atomic mass is 19.2. The number of ether oxygens (including phenoxy) is 2. The molecule has 4 rings (SSSR count). The highest BCUT2D eigenvalue weighted by Gasteiger charge is 2.35. The maximum atomic E-state index is 13.7. The van der Waals surface area contributed by atoms with Crippen molar-refractivity contribution in [1.29, 1.82) is 0 Å². The summed E-state index contributed by atoms with van der Waals surface area (Å²) in [6.07, 6.45) is 3.47. The van der Waals surface area contributed by atoms with Gasteiger partial charge in [-0.3, -0.25) is 9.48 Å². The zero-order chi connectivity index (χ0) is 25.3. The van der Waals surface area contributed by atoms with E-state index in [4.69, 9.17) is 9.47 Å². The molecule has 0 radical (unpaired) electrons. The van der Waals surface area contributed by atoms with Crippen molar-refractivity contribution >= 4 is 23.1 Å². The minimum absolute atomic E-state index is 0.214. The van der Waals surface area contributed by atoms with Gasteiger partial charge in [-0.15, -0.1) is 0 Å². The molecular formula is C24H26F2N6O3. The van der Waals surface area contributed by atoms with Crippen LogP contribution in [0.4, 0.5) is 26.0 Å². The number of anilines is 3. The Bertz CT molecular complexity index is 1290. The molecule has 0 fully saturated rings. The van der Waals surface area contributed by atoms with Crippen LogP contribution in [0.15, 0.2) is 42.9 Å². The van der Waals surface area contributed by atoms with Gasteiger partial charge >= 0.3 is 0 Å². The van der Waals surface area contributed by atoms with Crippen molar-refractivity contribution in [3.05, 3.63) is 71.4 Å². The summed E-state index contributed by atoms with van der Waals surface area (Å²) in [6, 6.07) is 3.31. The fraction of sp³-hybridized carbons (Fsp3) is 0.292. The van der Waals surface area contributed by atoms with E-state index < -0.39 is 17.7 Å². The van der Waals surface area contributed by atoms with Crippen molar-refractivity contribution in [1.82, 2.24) is 14.8 Å². The number of benzene rings is 1. The molecule has 1 aliphatic rings. The lowest BCUT2D eigenvalue weighted by Crippen LogP contribution is -2.47. The summed E-state index contributed by atoms with van der Waals surface area (Å²) in [7, 11) is 4.68. The number of pyridine rings is 1. The maximum absolute atomic E-state index is 13.7. The lowest BCUT2D eigenvalue weighted by atomic mass is 10.1. The zero-order valence-corrected chi connectivity index (χ0v) is 19.9. The molecule has 1 atom stereocenters. The van der Waals surface area contributed by atoms with Gasteiger partial charge in [-0.2, -0.15) is 5.10 Å². The van der Waals surface area contributed by atoms with Gasteiger partial charge in [0.1, 0.15) is 17.3 Å². The van der Waals surface area contributed by atoms with Crippen molar-refractivity contribution in [3.8, 4) is 5.75 Å². The molecule has 184 valence electrons.